The lowest BCUT2D eigenvalue weighted by Crippen LogP contribution is -2.25. The number of hydrogen-bond donors (Lipinski definition) is 1. The number of carbonyl (C=O) groups excluding carboxylic acids is 1. The molecule has 0 aliphatic carbocycles. The number of rotatable bonds is 3. The van der Waals surface area contributed by atoms with Gasteiger partial charge in [0.05, 0.1) is 0 Å². The molecule has 0 bridgehead atoms. The van der Waals surface area contributed by atoms with Crippen molar-refractivity contribution in [1.82, 2.24) is 9.55 Å². The normalized spacial score (nSPS) is 12.5. The van der Waals surface area contributed by atoms with Crippen LogP contribution in [0, 0.1) is 0 Å². The smallest absolute Gasteiger partial charge is 0.421 e. The number of oxazole rings is 1. The number of carbonyl (C=O) groups is 1. The molecule has 8 nitrogen and oxygen atoms in total. The van der Waals surface area contributed by atoms with Gasteiger partial charge in [0.25, 0.3) is 0 Å². The maximum Gasteiger partial charge on any atom is 0.421 e. The predicted molar refractivity (Wildman–Crippen MR) is 79.5 cm³/mol. The molecule has 2 aromatic heterocycles. The Bertz CT molecular complexity index is 959. The zero-order chi connectivity index (χ0) is 15.8. The Hall–Kier alpha value is -3.29. The summed E-state index contributed by atoms with van der Waals surface area (Å²) < 4.78 is 16.7. The summed E-state index contributed by atoms with van der Waals surface area (Å²) in [6.45, 7) is -0.0356. The fourth-order valence-corrected chi connectivity index (χ4v) is 2.36. The molecule has 0 spiro atoms. The highest BCUT2D eigenvalue weighted by atomic mass is 16.7. The Balaban J connectivity index is 1.56. The lowest BCUT2D eigenvalue weighted by atomic mass is 10.3. The van der Waals surface area contributed by atoms with Gasteiger partial charge in [0.15, 0.2) is 22.7 Å². The van der Waals surface area contributed by atoms with Crippen molar-refractivity contribution < 1.29 is 18.7 Å². The summed E-state index contributed by atoms with van der Waals surface area (Å²) in [5.41, 5.74) is 1.22. The van der Waals surface area contributed by atoms with Crippen molar-refractivity contribution >= 4 is 22.8 Å². The van der Waals surface area contributed by atoms with Gasteiger partial charge in [0.2, 0.25) is 12.7 Å². The number of fused-ring (bicyclic) bond motifs is 2. The highest BCUT2D eigenvalue weighted by Crippen LogP contribution is 2.34. The zero-order valence-electron chi connectivity index (χ0n) is 11.8. The van der Waals surface area contributed by atoms with Crippen LogP contribution in [0.1, 0.15) is 0 Å². The monoisotopic (exact) mass is 313 g/mol. The summed E-state index contributed by atoms with van der Waals surface area (Å²) >= 11 is 0. The molecule has 0 unspecified atom stereocenters. The second-order valence-electron chi connectivity index (χ2n) is 4.90. The second-order valence-corrected chi connectivity index (χ2v) is 4.90. The van der Waals surface area contributed by atoms with Gasteiger partial charge in [-0.05, 0) is 24.3 Å². The van der Waals surface area contributed by atoms with Crippen LogP contribution in [0.2, 0.25) is 0 Å². The van der Waals surface area contributed by atoms with Crippen LogP contribution in [-0.4, -0.2) is 22.3 Å². The lowest BCUT2D eigenvalue weighted by molar-refractivity contribution is -0.116. The number of hydrogen-bond acceptors (Lipinski definition) is 6. The van der Waals surface area contributed by atoms with E-state index in [0.29, 0.717) is 28.4 Å². The third-order valence-electron chi connectivity index (χ3n) is 3.38. The van der Waals surface area contributed by atoms with E-state index in [0.717, 1.165) is 0 Å². The molecule has 8 heteroatoms. The van der Waals surface area contributed by atoms with Gasteiger partial charge >= 0.3 is 5.76 Å². The third kappa shape index (κ3) is 2.39. The molecule has 23 heavy (non-hydrogen) atoms. The van der Waals surface area contributed by atoms with Crippen LogP contribution < -0.4 is 20.5 Å². The van der Waals surface area contributed by atoms with Crippen molar-refractivity contribution in [2.75, 3.05) is 12.1 Å². The average molecular weight is 313 g/mol. The quantitative estimate of drug-likeness (QED) is 0.784. The molecule has 0 saturated heterocycles. The van der Waals surface area contributed by atoms with Crippen LogP contribution in [-0.2, 0) is 11.3 Å². The summed E-state index contributed by atoms with van der Waals surface area (Å²) in [6.07, 6.45) is 1.53. The summed E-state index contributed by atoms with van der Waals surface area (Å²) in [5.74, 6) is 0.193. The largest absolute Gasteiger partial charge is 0.454 e. The number of nitrogens with zero attached hydrogens (tertiary/aromatic N) is 2. The molecule has 3 heterocycles. The van der Waals surface area contributed by atoms with Gasteiger partial charge < -0.3 is 19.2 Å². The number of anilines is 1. The zero-order valence-corrected chi connectivity index (χ0v) is 11.8. The fraction of sp³-hybridized carbons (Fsp3) is 0.133. The van der Waals surface area contributed by atoms with Crippen molar-refractivity contribution in [3.05, 3.63) is 47.1 Å². The molecule has 0 radical (unpaired) electrons. The highest BCUT2D eigenvalue weighted by Gasteiger charge is 2.16. The van der Waals surface area contributed by atoms with E-state index in [1.807, 2.05) is 0 Å². The number of pyridine rings is 1. The van der Waals surface area contributed by atoms with E-state index in [1.54, 1.807) is 30.3 Å². The molecule has 1 amide bonds. The van der Waals surface area contributed by atoms with E-state index in [9.17, 15) is 9.59 Å². The van der Waals surface area contributed by atoms with Gasteiger partial charge in [-0.2, -0.15) is 0 Å². The minimum Gasteiger partial charge on any atom is -0.454 e. The summed E-state index contributed by atoms with van der Waals surface area (Å²) in [6, 6.07) is 8.34. The minimum atomic E-state index is -0.625. The SMILES string of the molecule is O=C(Cn1c(=O)oc2cccnc21)Nc1ccc2c(c1)OCO2. The van der Waals surface area contributed by atoms with Crippen molar-refractivity contribution in [1.29, 1.82) is 0 Å². The van der Waals surface area contributed by atoms with Crippen LogP contribution in [0.15, 0.2) is 45.7 Å². The van der Waals surface area contributed by atoms with Crippen LogP contribution in [0.4, 0.5) is 5.69 Å². The van der Waals surface area contributed by atoms with Gasteiger partial charge in [-0.1, -0.05) is 0 Å². The molecule has 0 atom stereocenters. The average Bonchev–Trinajstić information content (AvgIpc) is 3.12. The predicted octanol–water partition coefficient (Wildman–Crippen LogP) is 1.36. The van der Waals surface area contributed by atoms with Crippen LogP contribution in [0.5, 0.6) is 11.5 Å². The second kappa shape index (κ2) is 5.16. The van der Waals surface area contributed by atoms with Crippen molar-refractivity contribution in [3.8, 4) is 11.5 Å². The van der Waals surface area contributed by atoms with Gasteiger partial charge in [0.1, 0.15) is 6.54 Å². The molecule has 3 aromatic rings. The summed E-state index contributed by atoms with van der Waals surface area (Å²) in [7, 11) is 0. The first kappa shape index (κ1) is 13.4. The summed E-state index contributed by atoms with van der Waals surface area (Å²) in [4.78, 5) is 28.0. The Kier molecular flexibility index (Phi) is 3.00. The van der Waals surface area contributed by atoms with E-state index < -0.39 is 5.76 Å². The number of nitrogens with one attached hydrogen (secondary N) is 1. The topological polar surface area (TPSA) is 95.6 Å². The molecule has 0 saturated carbocycles. The first-order chi connectivity index (χ1) is 11.2. The van der Waals surface area contributed by atoms with E-state index in [4.69, 9.17) is 13.9 Å². The Morgan fingerprint density at radius 3 is 3.04 bits per heavy atom. The summed E-state index contributed by atoms with van der Waals surface area (Å²) in [5, 5.41) is 2.70. The molecule has 1 N–H and O–H groups in total. The van der Waals surface area contributed by atoms with Crippen molar-refractivity contribution in [2.45, 2.75) is 6.54 Å². The Labute approximate surface area is 129 Å². The van der Waals surface area contributed by atoms with E-state index in [1.165, 1.54) is 10.8 Å². The maximum absolute atomic E-state index is 12.2. The molecule has 1 aliphatic rings. The highest BCUT2D eigenvalue weighted by molar-refractivity contribution is 5.91. The number of benzene rings is 1. The maximum atomic E-state index is 12.2. The van der Waals surface area contributed by atoms with Crippen molar-refractivity contribution in [2.24, 2.45) is 0 Å². The first-order valence-corrected chi connectivity index (χ1v) is 6.84. The van der Waals surface area contributed by atoms with E-state index in [2.05, 4.69) is 10.3 Å². The lowest BCUT2D eigenvalue weighted by Gasteiger charge is -2.06. The van der Waals surface area contributed by atoms with E-state index >= 15 is 0 Å². The van der Waals surface area contributed by atoms with Crippen LogP contribution in [0.3, 0.4) is 0 Å². The molecular formula is C15H11N3O5. The van der Waals surface area contributed by atoms with Gasteiger partial charge in [-0.3, -0.25) is 4.79 Å². The standard InChI is InChI=1S/C15H11N3O5/c19-13(17-9-3-4-10-12(6-9)22-8-21-10)7-18-14-11(23-15(18)20)2-1-5-16-14/h1-6H,7-8H2,(H,17,19). The molecule has 116 valence electrons. The molecule has 0 fully saturated rings. The van der Waals surface area contributed by atoms with E-state index in [-0.39, 0.29) is 19.2 Å². The van der Waals surface area contributed by atoms with Crippen LogP contribution in [0.25, 0.3) is 11.2 Å². The molecule has 4 rings (SSSR count). The Morgan fingerprint density at radius 1 is 1.26 bits per heavy atom. The number of amides is 1. The number of aromatic nitrogens is 2. The Morgan fingerprint density at radius 2 is 2.13 bits per heavy atom. The molecule has 1 aromatic carbocycles. The van der Waals surface area contributed by atoms with Crippen molar-refractivity contribution in [3.63, 3.8) is 0 Å². The number of ether oxygens (including phenoxy) is 2. The van der Waals surface area contributed by atoms with Gasteiger partial charge in [-0.25, -0.2) is 14.3 Å². The molecule has 1 aliphatic heterocycles. The minimum absolute atomic E-state index is 0.162. The van der Waals surface area contributed by atoms with Crippen LogP contribution >= 0.6 is 0 Å². The molecular weight excluding hydrogens is 302 g/mol. The first-order valence-electron chi connectivity index (χ1n) is 6.84. The van der Waals surface area contributed by atoms with Gasteiger partial charge in [0, 0.05) is 18.0 Å². The fourth-order valence-electron chi connectivity index (χ4n) is 2.36. The third-order valence-corrected chi connectivity index (χ3v) is 3.38. The van der Waals surface area contributed by atoms with Gasteiger partial charge in [-0.15, -0.1) is 0 Å².